The van der Waals surface area contributed by atoms with Crippen molar-refractivity contribution in [3.05, 3.63) is 36.4 Å². The third-order valence-electron chi connectivity index (χ3n) is 4.77. The van der Waals surface area contributed by atoms with Crippen molar-refractivity contribution in [2.24, 2.45) is 5.92 Å². The second kappa shape index (κ2) is 7.56. The molecule has 0 radical (unpaired) electrons. The number of ether oxygens (including phenoxy) is 2. The number of carbonyl (C=O) groups is 1. The third-order valence-corrected chi connectivity index (χ3v) is 4.77. The lowest BCUT2D eigenvalue weighted by atomic mass is 9.87. The molecule has 4 nitrogen and oxygen atoms in total. The van der Waals surface area contributed by atoms with E-state index in [2.05, 4.69) is 12.2 Å². The van der Waals surface area contributed by atoms with Gasteiger partial charge in [-0.05, 0) is 66.6 Å². The van der Waals surface area contributed by atoms with Crippen LogP contribution in [-0.2, 0) is 4.79 Å². The van der Waals surface area contributed by atoms with E-state index in [1.54, 1.807) is 7.11 Å². The van der Waals surface area contributed by atoms with Gasteiger partial charge in [-0.2, -0.15) is 0 Å². The largest absolute Gasteiger partial charge is 0.497 e. The van der Waals surface area contributed by atoms with Crippen LogP contribution >= 0.6 is 0 Å². The third kappa shape index (κ3) is 4.19. The predicted octanol–water partition coefficient (Wildman–Crippen LogP) is 3.92. The zero-order chi connectivity index (χ0) is 16.9. The second-order valence-corrected chi connectivity index (χ2v) is 6.69. The lowest BCUT2D eigenvalue weighted by Gasteiger charge is -2.26. The van der Waals surface area contributed by atoms with E-state index in [-0.39, 0.29) is 12.5 Å². The molecule has 0 atom stereocenters. The quantitative estimate of drug-likeness (QED) is 0.905. The molecule has 1 aliphatic rings. The van der Waals surface area contributed by atoms with Crippen molar-refractivity contribution in [1.82, 2.24) is 5.32 Å². The monoisotopic (exact) mass is 327 g/mol. The van der Waals surface area contributed by atoms with Gasteiger partial charge in [0.2, 0.25) is 0 Å². The number of nitrogens with one attached hydrogen (secondary N) is 1. The average Bonchev–Trinajstić information content (AvgIpc) is 2.61. The van der Waals surface area contributed by atoms with Crippen LogP contribution in [0.2, 0.25) is 0 Å². The molecule has 1 fully saturated rings. The molecule has 1 amide bonds. The highest BCUT2D eigenvalue weighted by Gasteiger charge is 2.19. The SMILES string of the molecule is COc1ccc2ccc(OCC(=O)NC3CCC(C)CC3)cc2c1. The zero-order valence-electron chi connectivity index (χ0n) is 14.4. The van der Waals surface area contributed by atoms with Crippen molar-refractivity contribution in [2.45, 2.75) is 38.6 Å². The van der Waals surface area contributed by atoms with Crippen molar-refractivity contribution in [3.63, 3.8) is 0 Å². The molecule has 2 aromatic rings. The first-order valence-electron chi connectivity index (χ1n) is 8.64. The van der Waals surface area contributed by atoms with Crippen molar-refractivity contribution >= 4 is 16.7 Å². The van der Waals surface area contributed by atoms with Crippen molar-refractivity contribution in [3.8, 4) is 11.5 Å². The highest BCUT2D eigenvalue weighted by atomic mass is 16.5. The molecule has 0 unspecified atom stereocenters. The number of benzene rings is 2. The Morgan fingerprint density at radius 1 is 1.04 bits per heavy atom. The number of methoxy groups -OCH3 is 1. The Morgan fingerprint density at radius 2 is 1.71 bits per heavy atom. The van der Waals surface area contributed by atoms with Gasteiger partial charge in [0.25, 0.3) is 5.91 Å². The van der Waals surface area contributed by atoms with Crippen molar-refractivity contribution < 1.29 is 14.3 Å². The summed E-state index contributed by atoms with van der Waals surface area (Å²) in [5.74, 6) is 2.25. The van der Waals surface area contributed by atoms with Crippen molar-refractivity contribution in [1.29, 1.82) is 0 Å². The first-order chi connectivity index (χ1) is 11.6. The van der Waals surface area contributed by atoms with Crippen LogP contribution in [0.3, 0.4) is 0 Å². The van der Waals surface area contributed by atoms with Crippen LogP contribution in [0.15, 0.2) is 36.4 Å². The minimum absolute atomic E-state index is 0.0414. The molecule has 4 heteroatoms. The van der Waals surface area contributed by atoms with E-state index < -0.39 is 0 Å². The van der Waals surface area contributed by atoms with E-state index in [4.69, 9.17) is 9.47 Å². The topological polar surface area (TPSA) is 47.6 Å². The molecule has 0 heterocycles. The maximum atomic E-state index is 12.1. The second-order valence-electron chi connectivity index (χ2n) is 6.69. The minimum Gasteiger partial charge on any atom is -0.497 e. The lowest BCUT2D eigenvalue weighted by molar-refractivity contribution is -0.124. The standard InChI is InChI=1S/C20H25NO3/c1-14-3-7-17(8-4-14)21-20(22)13-24-19-10-6-15-5-9-18(23-2)11-16(15)12-19/h5-6,9-12,14,17H,3-4,7-8,13H2,1-2H3,(H,21,22). The molecule has 128 valence electrons. The van der Waals surface area contributed by atoms with E-state index in [0.717, 1.165) is 35.3 Å². The Labute approximate surface area is 143 Å². The highest BCUT2D eigenvalue weighted by Crippen LogP contribution is 2.25. The number of rotatable bonds is 5. The fraction of sp³-hybridized carbons (Fsp3) is 0.450. The first kappa shape index (κ1) is 16.6. The van der Waals surface area contributed by atoms with Gasteiger partial charge in [-0.3, -0.25) is 4.79 Å². The van der Waals surface area contributed by atoms with E-state index in [1.807, 2.05) is 36.4 Å². The Balaban J connectivity index is 1.55. The van der Waals surface area contributed by atoms with Crippen molar-refractivity contribution in [2.75, 3.05) is 13.7 Å². The number of hydrogen-bond donors (Lipinski definition) is 1. The molecule has 0 bridgehead atoms. The van der Waals surface area contributed by atoms with Gasteiger partial charge in [0, 0.05) is 6.04 Å². The summed E-state index contributed by atoms with van der Waals surface area (Å²) in [6.45, 7) is 2.33. The molecule has 1 N–H and O–H groups in total. The molecule has 24 heavy (non-hydrogen) atoms. The van der Waals surface area contributed by atoms with Crippen LogP contribution < -0.4 is 14.8 Å². The molecule has 3 rings (SSSR count). The molecule has 1 aliphatic carbocycles. The first-order valence-corrected chi connectivity index (χ1v) is 8.64. The minimum atomic E-state index is -0.0414. The molecule has 0 saturated heterocycles. The van der Waals surface area contributed by atoms with Crippen LogP contribution in [0.5, 0.6) is 11.5 Å². The summed E-state index contributed by atoms with van der Waals surface area (Å²) in [5, 5.41) is 5.23. The molecule has 0 aliphatic heterocycles. The fourth-order valence-electron chi connectivity index (χ4n) is 3.24. The van der Waals surface area contributed by atoms with Gasteiger partial charge in [0.15, 0.2) is 6.61 Å². The van der Waals surface area contributed by atoms with E-state index >= 15 is 0 Å². The summed E-state index contributed by atoms with van der Waals surface area (Å²) in [6.07, 6.45) is 4.53. The van der Waals surface area contributed by atoms with Gasteiger partial charge < -0.3 is 14.8 Å². The number of fused-ring (bicyclic) bond motifs is 1. The number of amides is 1. The Hall–Kier alpha value is -2.23. The molecule has 1 saturated carbocycles. The number of carbonyl (C=O) groups excluding carboxylic acids is 1. The summed E-state index contributed by atoms with van der Waals surface area (Å²) in [5.41, 5.74) is 0. The number of hydrogen-bond acceptors (Lipinski definition) is 3. The zero-order valence-corrected chi connectivity index (χ0v) is 14.4. The lowest BCUT2D eigenvalue weighted by Crippen LogP contribution is -2.39. The summed E-state index contributed by atoms with van der Waals surface area (Å²) in [4.78, 5) is 12.1. The van der Waals surface area contributed by atoms with Gasteiger partial charge in [-0.15, -0.1) is 0 Å². The average molecular weight is 327 g/mol. The van der Waals surface area contributed by atoms with Gasteiger partial charge in [0.1, 0.15) is 11.5 Å². The van der Waals surface area contributed by atoms with E-state index in [9.17, 15) is 4.79 Å². The highest BCUT2D eigenvalue weighted by molar-refractivity contribution is 5.85. The summed E-state index contributed by atoms with van der Waals surface area (Å²) in [7, 11) is 1.65. The van der Waals surface area contributed by atoms with Gasteiger partial charge in [0.05, 0.1) is 7.11 Å². The van der Waals surface area contributed by atoms with Crippen LogP contribution in [-0.4, -0.2) is 25.7 Å². The summed E-state index contributed by atoms with van der Waals surface area (Å²) >= 11 is 0. The molecule has 0 aromatic heterocycles. The molecular formula is C20H25NO3. The molecular weight excluding hydrogens is 302 g/mol. The van der Waals surface area contributed by atoms with Gasteiger partial charge in [-0.1, -0.05) is 19.1 Å². The van der Waals surface area contributed by atoms with Crippen LogP contribution in [0, 0.1) is 5.92 Å². The Morgan fingerprint density at radius 3 is 2.42 bits per heavy atom. The van der Waals surface area contributed by atoms with E-state index in [0.29, 0.717) is 11.8 Å². The normalized spacial score (nSPS) is 20.6. The van der Waals surface area contributed by atoms with E-state index in [1.165, 1.54) is 12.8 Å². The van der Waals surface area contributed by atoms with Crippen LogP contribution in [0.25, 0.3) is 10.8 Å². The van der Waals surface area contributed by atoms with Gasteiger partial charge in [-0.25, -0.2) is 0 Å². The summed E-state index contributed by atoms with van der Waals surface area (Å²) < 4.78 is 10.9. The predicted molar refractivity (Wildman–Crippen MR) is 95.6 cm³/mol. The maximum Gasteiger partial charge on any atom is 0.258 e. The smallest absolute Gasteiger partial charge is 0.258 e. The maximum absolute atomic E-state index is 12.1. The van der Waals surface area contributed by atoms with Crippen LogP contribution in [0.4, 0.5) is 0 Å². The molecule has 0 spiro atoms. The Bertz CT molecular complexity index is 705. The van der Waals surface area contributed by atoms with Crippen LogP contribution in [0.1, 0.15) is 32.6 Å². The summed E-state index contributed by atoms with van der Waals surface area (Å²) in [6, 6.07) is 12.0. The fourth-order valence-corrected chi connectivity index (χ4v) is 3.24. The van der Waals surface area contributed by atoms with Gasteiger partial charge >= 0.3 is 0 Å². The Kier molecular flexibility index (Phi) is 5.24. The molecule has 2 aromatic carbocycles.